The highest BCUT2D eigenvalue weighted by Gasteiger charge is 2.29. The van der Waals surface area contributed by atoms with E-state index < -0.39 is 0 Å². The molecule has 2 aromatic carbocycles. The number of hydrogen-bond acceptors (Lipinski definition) is 8. The van der Waals surface area contributed by atoms with Gasteiger partial charge >= 0.3 is 0 Å². The monoisotopic (exact) mass is 602 g/mol. The van der Waals surface area contributed by atoms with Crippen LogP contribution in [0.15, 0.2) is 53.5 Å². The molecule has 1 heterocycles. The molecule has 2 amide bonds. The predicted molar refractivity (Wildman–Crippen MR) is 171 cm³/mol. The standard InChI is InChI=1S/C34H42N4O6/c1-22(39)38-27-14-12-23-20-30(42-2)33(43-3)34(44-4)32(23)25-13-15-28(29(40)21-26(25)27)36-18-8-5-6-11-31(41)37-19-16-24-10-7-9-17-35-24/h7,9-10,13,15,17,20-21,27H,5-6,8,11-12,14,16,18-19H2,1-4H3,(H,36,40)(H,37,41)(H,38,39)/t27-/m0/s1. The number of methoxy groups -OCH3 is 3. The summed E-state index contributed by atoms with van der Waals surface area (Å²) in [5, 5.41) is 9.25. The summed E-state index contributed by atoms with van der Waals surface area (Å²) in [6, 6.07) is 12.6. The molecular formula is C34H42N4O6. The third-order valence-electron chi connectivity index (χ3n) is 7.74. The zero-order valence-electron chi connectivity index (χ0n) is 26.0. The number of fused-ring (bicyclic) bond motifs is 3. The van der Waals surface area contributed by atoms with Crippen molar-refractivity contribution in [2.45, 2.75) is 57.9 Å². The molecule has 0 fully saturated rings. The lowest BCUT2D eigenvalue weighted by Gasteiger charge is -2.19. The highest BCUT2D eigenvalue weighted by molar-refractivity contribution is 5.83. The molecule has 1 aliphatic rings. The second-order valence-electron chi connectivity index (χ2n) is 10.8. The van der Waals surface area contributed by atoms with Crippen LogP contribution in [-0.2, 0) is 22.4 Å². The van der Waals surface area contributed by atoms with Crippen LogP contribution >= 0.6 is 0 Å². The number of nitrogens with zero attached hydrogens (tertiary/aromatic N) is 1. The van der Waals surface area contributed by atoms with Crippen LogP contribution in [0.1, 0.15) is 61.9 Å². The quantitative estimate of drug-likeness (QED) is 0.229. The Morgan fingerprint density at radius 3 is 2.48 bits per heavy atom. The van der Waals surface area contributed by atoms with Gasteiger partial charge in [-0.05, 0) is 72.7 Å². The molecule has 3 aromatic rings. The first-order valence-corrected chi connectivity index (χ1v) is 15.0. The van der Waals surface area contributed by atoms with Crippen molar-refractivity contribution >= 4 is 17.5 Å². The van der Waals surface area contributed by atoms with Crippen molar-refractivity contribution in [1.82, 2.24) is 15.6 Å². The number of anilines is 1. The van der Waals surface area contributed by atoms with E-state index in [9.17, 15) is 14.4 Å². The molecule has 44 heavy (non-hydrogen) atoms. The van der Waals surface area contributed by atoms with Gasteiger partial charge in [-0.3, -0.25) is 19.4 Å². The van der Waals surface area contributed by atoms with Crippen molar-refractivity contribution in [3.63, 3.8) is 0 Å². The van der Waals surface area contributed by atoms with Crippen LogP contribution in [0.5, 0.6) is 17.2 Å². The van der Waals surface area contributed by atoms with E-state index in [-0.39, 0.29) is 23.3 Å². The molecule has 0 saturated heterocycles. The minimum Gasteiger partial charge on any atom is -0.493 e. The normalized spacial score (nSPS) is 13.5. The van der Waals surface area contributed by atoms with Gasteiger partial charge in [0, 0.05) is 50.3 Å². The Hall–Kier alpha value is -4.60. The molecule has 0 saturated carbocycles. The number of aromatic nitrogens is 1. The van der Waals surface area contributed by atoms with Gasteiger partial charge in [-0.2, -0.15) is 0 Å². The Morgan fingerprint density at radius 1 is 0.955 bits per heavy atom. The first-order valence-electron chi connectivity index (χ1n) is 15.0. The number of unbranched alkanes of at least 4 members (excludes halogenated alkanes) is 2. The number of rotatable bonds is 14. The fourth-order valence-electron chi connectivity index (χ4n) is 5.63. The molecule has 1 aliphatic carbocycles. The van der Waals surface area contributed by atoms with Gasteiger partial charge in [0.1, 0.15) is 0 Å². The lowest BCUT2D eigenvalue weighted by Crippen LogP contribution is -2.26. The van der Waals surface area contributed by atoms with Gasteiger partial charge in [-0.15, -0.1) is 0 Å². The number of ether oxygens (including phenoxy) is 3. The highest BCUT2D eigenvalue weighted by Crippen LogP contribution is 2.50. The summed E-state index contributed by atoms with van der Waals surface area (Å²) in [7, 11) is 4.72. The van der Waals surface area contributed by atoms with Crippen LogP contribution in [0.2, 0.25) is 0 Å². The van der Waals surface area contributed by atoms with Crippen molar-refractivity contribution in [1.29, 1.82) is 0 Å². The zero-order chi connectivity index (χ0) is 31.5. The maximum absolute atomic E-state index is 13.4. The van der Waals surface area contributed by atoms with E-state index in [1.165, 1.54) is 6.92 Å². The average Bonchev–Trinajstić information content (AvgIpc) is 3.26. The van der Waals surface area contributed by atoms with E-state index in [2.05, 4.69) is 20.9 Å². The summed E-state index contributed by atoms with van der Waals surface area (Å²) in [5.41, 5.74) is 4.54. The van der Waals surface area contributed by atoms with E-state index in [0.29, 0.717) is 61.7 Å². The molecule has 1 atom stereocenters. The number of nitrogens with one attached hydrogen (secondary N) is 3. The van der Waals surface area contributed by atoms with Crippen LogP contribution < -0.4 is 35.6 Å². The lowest BCUT2D eigenvalue weighted by molar-refractivity contribution is -0.121. The molecule has 1 aromatic heterocycles. The van der Waals surface area contributed by atoms with E-state index in [4.69, 9.17) is 14.2 Å². The third kappa shape index (κ3) is 8.06. The molecule has 4 rings (SSSR count). The maximum Gasteiger partial charge on any atom is 0.220 e. The van der Waals surface area contributed by atoms with Gasteiger partial charge in [-0.25, -0.2) is 0 Å². The van der Waals surface area contributed by atoms with Gasteiger partial charge < -0.3 is 30.2 Å². The molecule has 10 nitrogen and oxygen atoms in total. The fraction of sp³-hybridized carbons (Fsp3) is 0.412. The number of carbonyl (C=O) groups excluding carboxylic acids is 2. The summed E-state index contributed by atoms with van der Waals surface area (Å²) >= 11 is 0. The largest absolute Gasteiger partial charge is 0.493 e. The molecule has 0 bridgehead atoms. The molecule has 10 heteroatoms. The second-order valence-corrected chi connectivity index (χ2v) is 10.8. The molecule has 0 radical (unpaired) electrons. The summed E-state index contributed by atoms with van der Waals surface area (Å²) in [6.07, 6.45) is 6.57. The molecule has 3 N–H and O–H groups in total. The number of pyridine rings is 1. The van der Waals surface area contributed by atoms with Gasteiger partial charge in [0.2, 0.25) is 23.0 Å². The molecule has 0 unspecified atom stereocenters. The Kier molecular flexibility index (Phi) is 11.6. The smallest absolute Gasteiger partial charge is 0.220 e. The summed E-state index contributed by atoms with van der Waals surface area (Å²) in [4.78, 5) is 42.0. The Balaban J connectivity index is 1.44. The SMILES string of the molecule is COc1cc2c(c(OC)c1OC)-c1ccc(NCCCCCC(=O)NCCc3ccccn3)c(=O)cc1[C@@H](NC(C)=O)CC2. The van der Waals surface area contributed by atoms with Crippen LogP contribution in [-0.4, -0.2) is 51.2 Å². The van der Waals surface area contributed by atoms with E-state index in [0.717, 1.165) is 47.2 Å². The first kappa shape index (κ1) is 32.3. The predicted octanol–water partition coefficient (Wildman–Crippen LogP) is 4.59. The molecule has 234 valence electrons. The van der Waals surface area contributed by atoms with E-state index in [1.54, 1.807) is 39.7 Å². The van der Waals surface area contributed by atoms with Crippen molar-refractivity contribution in [3.05, 3.63) is 75.7 Å². The van der Waals surface area contributed by atoms with Crippen molar-refractivity contribution in [3.8, 4) is 28.4 Å². The topological polar surface area (TPSA) is 128 Å². The van der Waals surface area contributed by atoms with Crippen LogP contribution in [0.4, 0.5) is 5.69 Å². The molecular weight excluding hydrogens is 560 g/mol. The van der Waals surface area contributed by atoms with Crippen molar-refractivity contribution in [2.75, 3.05) is 39.7 Å². The Bertz CT molecular complexity index is 1510. The van der Waals surface area contributed by atoms with E-state index >= 15 is 0 Å². The number of amides is 2. The van der Waals surface area contributed by atoms with Gasteiger partial charge in [0.15, 0.2) is 11.5 Å². The number of carbonyl (C=O) groups is 2. The second kappa shape index (κ2) is 15.7. The molecule has 0 aliphatic heterocycles. The van der Waals surface area contributed by atoms with Crippen molar-refractivity contribution < 1.29 is 23.8 Å². The van der Waals surface area contributed by atoms with Crippen LogP contribution in [0, 0.1) is 0 Å². The lowest BCUT2D eigenvalue weighted by atomic mass is 9.95. The van der Waals surface area contributed by atoms with E-state index in [1.807, 2.05) is 30.3 Å². The maximum atomic E-state index is 13.4. The van der Waals surface area contributed by atoms with Gasteiger partial charge in [-0.1, -0.05) is 18.6 Å². The first-order chi connectivity index (χ1) is 21.4. The number of benzene rings is 1. The minimum atomic E-state index is -0.361. The minimum absolute atomic E-state index is 0.0333. The summed E-state index contributed by atoms with van der Waals surface area (Å²) in [5.74, 6) is 1.39. The fourth-order valence-corrected chi connectivity index (χ4v) is 5.63. The summed E-state index contributed by atoms with van der Waals surface area (Å²) < 4.78 is 17.1. The summed E-state index contributed by atoms with van der Waals surface area (Å²) in [6.45, 7) is 2.63. The number of hydrogen-bond donors (Lipinski definition) is 3. The van der Waals surface area contributed by atoms with Gasteiger partial charge in [0.05, 0.1) is 33.1 Å². The van der Waals surface area contributed by atoms with Crippen LogP contribution in [0.25, 0.3) is 11.1 Å². The third-order valence-corrected chi connectivity index (χ3v) is 7.74. The average molecular weight is 603 g/mol. The van der Waals surface area contributed by atoms with Gasteiger partial charge in [0.25, 0.3) is 0 Å². The molecule has 0 spiro atoms. The van der Waals surface area contributed by atoms with Crippen molar-refractivity contribution in [2.24, 2.45) is 0 Å². The Labute approximate surface area is 258 Å². The highest BCUT2D eigenvalue weighted by atomic mass is 16.5. The van der Waals surface area contributed by atoms with Crippen LogP contribution in [0.3, 0.4) is 0 Å². The Morgan fingerprint density at radius 2 is 1.77 bits per heavy atom. The zero-order valence-corrected chi connectivity index (χ0v) is 26.0. The number of aryl methyl sites for hydroxylation is 1.